The molecule has 2 amide bonds. The molecule has 0 bridgehead atoms. The van der Waals surface area contributed by atoms with E-state index in [2.05, 4.69) is 5.32 Å². The number of nitrogens with zero attached hydrogens (tertiary/aromatic N) is 3. The van der Waals surface area contributed by atoms with Gasteiger partial charge < -0.3 is 10.2 Å². The Kier molecular flexibility index (Phi) is 7.56. The number of piperidine rings is 1. The molecule has 0 radical (unpaired) electrons. The number of hydrogen-bond acceptors (Lipinski definition) is 5. The normalized spacial score (nSPS) is 15.5. The van der Waals surface area contributed by atoms with Crippen LogP contribution in [-0.4, -0.2) is 81.7 Å². The summed E-state index contributed by atoms with van der Waals surface area (Å²) in [7, 11) is 1.42. The molecule has 28 heavy (non-hydrogen) atoms. The zero-order valence-electron chi connectivity index (χ0n) is 17.1. The van der Waals surface area contributed by atoms with E-state index in [-0.39, 0.29) is 29.8 Å². The Labute approximate surface area is 167 Å². The Bertz CT molecular complexity index is 817. The van der Waals surface area contributed by atoms with Gasteiger partial charge in [-0.05, 0) is 44.5 Å². The molecule has 0 unspecified atom stereocenters. The van der Waals surface area contributed by atoms with Crippen LogP contribution in [0.2, 0.25) is 0 Å². The first kappa shape index (κ1) is 22.3. The Hall–Kier alpha value is -1.97. The average molecular weight is 411 g/mol. The molecule has 8 nitrogen and oxygen atoms in total. The fourth-order valence-corrected chi connectivity index (χ4v) is 4.84. The predicted octanol–water partition coefficient (Wildman–Crippen LogP) is 1.13. The molecule has 0 atom stereocenters. The lowest BCUT2D eigenvalue weighted by Gasteiger charge is -2.26. The third-order valence-corrected chi connectivity index (χ3v) is 6.76. The summed E-state index contributed by atoms with van der Waals surface area (Å²) in [4.78, 5) is 27.3. The standard InChI is InChI=1S/C19H30N4O4S/c1-15-8-9-16(20-18(24)13-22(4)14-19(25)21(2)3)12-17(15)28(26,27)23-10-6-5-7-11-23/h8-9,12H,5-7,10-11,13-14H2,1-4H3,(H,20,24). The highest BCUT2D eigenvalue weighted by molar-refractivity contribution is 7.89. The van der Waals surface area contributed by atoms with Crippen LogP contribution >= 0.6 is 0 Å². The van der Waals surface area contributed by atoms with Gasteiger partial charge in [-0.1, -0.05) is 12.5 Å². The van der Waals surface area contributed by atoms with Crippen molar-refractivity contribution in [3.63, 3.8) is 0 Å². The van der Waals surface area contributed by atoms with Crippen LogP contribution in [0.5, 0.6) is 0 Å². The maximum Gasteiger partial charge on any atom is 0.243 e. The minimum Gasteiger partial charge on any atom is -0.348 e. The number of rotatable bonds is 7. The highest BCUT2D eigenvalue weighted by Gasteiger charge is 2.27. The summed E-state index contributed by atoms with van der Waals surface area (Å²) in [6, 6.07) is 4.90. The first-order valence-corrected chi connectivity index (χ1v) is 10.8. The monoisotopic (exact) mass is 410 g/mol. The van der Waals surface area contributed by atoms with Crippen molar-refractivity contribution in [2.45, 2.75) is 31.1 Å². The summed E-state index contributed by atoms with van der Waals surface area (Å²) in [5.41, 5.74) is 1.08. The lowest BCUT2D eigenvalue weighted by molar-refractivity contribution is -0.130. The van der Waals surface area contributed by atoms with E-state index in [1.54, 1.807) is 45.1 Å². The van der Waals surface area contributed by atoms with Crippen LogP contribution in [0.25, 0.3) is 0 Å². The third-order valence-electron chi connectivity index (χ3n) is 4.72. The SMILES string of the molecule is Cc1ccc(NC(=O)CN(C)CC(=O)N(C)C)cc1S(=O)(=O)N1CCCCC1. The second-order valence-electron chi connectivity index (χ2n) is 7.45. The second kappa shape index (κ2) is 9.49. The topological polar surface area (TPSA) is 90.0 Å². The van der Waals surface area contributed by atoms with E-state index in [1.807, 2.05) is 0 Å². The van der Waals surface area contributed by atoms with Crippen molar-refractivity contribution in [3.8, 4) is 0 Å². The van der Waals surface area contributed by atoms with Gasteiger partial charge in [-0.25, -0.2) is 8.42 Å². The summed E-state index contributed by atoms with van der Waals surface area (Å²) in [5.74, 6) is -0.403. The molecule has 1 saturated heterocycles. The predicted molar refractivity (Wildman–Crippen MR) is 109 cm³/mol. The van der Waals surface area contributed by atoms with Crippen LogP contribution in [-0.2, 0) is 19.6 Å². The molecule has 9 heteroatoms. The zero-order chi connectivity index (χ0) is 20.9. The summed E-state index contributed by atoms with van der Waals surface area (Å²) in [6.45, 7) is 2.97. The van der Waals surface area contributed by atoms with Crippen LogP contribution in [0.4, 0.5) is 5.69 Å². The number of amides is 2. The number of anilines is 1. The van der Waals surface area contributed by atoms with Crippen molar-refractivity contribution in [3.05, 3.63) is 23.8 Å². The molecule has 0 saturated carbocycles. The Morgan fingerprint density at radius 3 is 2.32 bits per heavy atom. The van der Waals surface area contributed by atoms with Gasteiger partial charge in [0.25, 0.3) is 0 Å². The van der Waals surface area contributed by atoms with Crippen molar-refractivity contribution in [1.29, 1.82) is 0 Å². The fraction of sp³-hybridized carbons (Fsp3) is 0.579. The molecule has 1 fully saturated rings. The largest absolute Gasteiger partial charge is 0.348 e. The van der Waals surface area contributed by atoms with E-state index in [9.17, 15) is 18.0 Å². The number of carbonyl (C=O) groups excluding carboxylic acids is 2. The molecule has 1 aromatic carbocycles. The molecule has 0 spiro atoms. The van der Waals surface area contributed by atoms with Crippen LogP contribution in [0.15, 0.2) is 23.1 Å². The van der Waals surface area contributed by atoms with E-state index in [1.165, 1.54) is 15.3 Å². The van der Waals surface area contributed by atoms with Crippen LogP contribution in [0.3, 0.4) is 0 Å². The number of hydrogen-bond donors (Lipinski definition) is 1. The van der Waals surface area contributed by atoms with Crippen LogP contribution in [0, 0.1) is 6.92 Å². The highest BCUT2D eigenvalue weighted by Crippen LogP contribution is 2.26. The molecular formula is C19H30N4O4S. The van der Waals surface area contributed by atoms with Gasteiger partial charge in [0.1, 0.15) is 0 Å². The van der Waals surface area contributed by atoms with Gasteiger partial charge in [0.05, 0.1) is 18.0 Å². The molecular weight excluding hydrogens is 380 g/mol. The fourth-order valence-electron chi connectivity index (χ4n) is 3.07. The second-order valence-corrected chi connectivity index (χ2v) is 9.36. The number of benzene rings is 1. The summed E-state index contributed by atoms with van der Waals surface area (Å²) in [5, 5.41) is 2.73. The summed E-state index contributed by atoms with van der Waals surface area (Å²) < 4.78 is 27.5. The van der Waals surface area contributed by atoms with Gasteiger partial charge in [0, 0.05) is 32.9 Å². The molecule has 156 valence electrons. The number of aryl methyl sites for hydroxylation is 1. The van der Waals surface area contributed by atoms with Crippen LogP contribution in [0.1, 0.15) is 24.8 Å². The number of sulfonamides is 1. The first-order chi connectivity index (χ1) is 13.1. The molecule has 0 aromatic heterocycles. The average Bonchev–Trinajstić information content (AvgIpc) is 2.63. The first-order valence-electron chi connectivity index (χ1n) is 9.40. The Balaban J connectivity index is 2.08. The van der Waals surface area contributed by atoms with Gasteiger partial charge in [-0.2, -0.15) is 4.31 Å². The van der Waals surface area contributed by atoms with Crippen LogP contribution < -0.4 is 5.32 Å². The van der Waals surface area contributed by atoms with E-state index in [0.717, 1.165) is 19.3 Å². The minimum atomic E-state index is -3.58. The van der Waals surface area contributed by atoms with Gasteiger partial charge in [0.2, 0.25) is 21.8 Å². The molecule has 0 aliphatic carbocycles. The third kappa shape index (κ3) is 5.76. The minimum absolute atomic E-state index is 0.0294. The summed E-state index contributed by atoms with van der Waals surface area (Å²) in [6.07, 6.45) is 2.78. The molecule has 1 aliphatic heterocycles. The molecule has 1 aromatic rings. The van der Waals surface area contributed by atoms with E-state index >= 15 is 0 Å². The summed E-state index contributed by atoms with van der Waals surface area (Å²) >= 11 is 0. The van der Waals surface area contributed by atoms with E-state index in [0.29, 0.717) is 24.3 Å². The van der Waals surface area contributed by atoms with Crippen molar-refractivity contribution in [2.24, 2.45) is 0 Å². The lowest BCUT2D eigenvalue weighted by atomic mass is 10.2. The number of likely N-dealkylation sites (N-methyl/N-ethyl adjacent to an activating group) is 2. The Morgan fingerprint density at radius 2 is 1.71 bits per heavy atom. The molecule has 1 heterocycles. The molecule has 1 aliphatic rings. The molecule has 1 N–H and O–H groups in total. The maximum absolute atomic E-state index is 13.0. The van der Waals surface area contributed by atoms with Gasteiger partial charge in [-0.15, -0.1) is 0 Å². The van der Waals surface area contributed by atoms with Gasteiger partial charge in [0.15, 0.2) is 0 Å². The van der Waals surface area contributed by atoms with Crippen molar-refractivity contribution < 1.29 is 18.0 Å². The highest BCUT2D eigenvalue weighted by atomic mass is 32.2. The number of nitrogens with one attached hydrogen (secondary N) is 1. The van der Waals surface area contributed by atoms with Crippen molar-refractivity contribution >= 4 is 27.5 Å². The number of carbonyl (C=O) groups is 2. The van der Waals surface area contributed by atoms with Gasteiger partial charge >= 0.3 is 0 Å². The lowest BCUT2D eigenvalue weighted by Crippen LogP contribution is -2.38. The zero-order valence-corrected chi connectivity index (χ0v) is 17.9. The molecule has 2 rings (SSSR count). The van der Waals surface area contributed by atoms with E-state index in [4.69, 9.17) is 0 Å². The van der Waals surface area contributed by atoms with Crippen molar-refractivity contribution in [1.82, 2.24) is 14.1 Å². The van der Waals surface area contributed by atoms with E-state index < -0.39 is 10.0 Å². The smallest absolute Gasteiger partial charge is 0.243 e. The maximum atomic E-state index is 13.0. The Morgan fingerprint density at radius 1 is 1.07 bits per heavy atom. The van der Waals surface area contributed by atoms with Gasteiger partial charge in [-0.3, -0.25) is 14.5 Å². The van der Waals surface area contributed by atoms with Crippen molar-refractivity contribution in [2.75, 3.05) is 52.6 Å². The quantitative estimate of drug-likeness (QED) is 0.728.